The molecule has 0 N–H and O–H groups in total. The van der Waals surface area contributed by atoms with Crippen molar-refractivity contribution in [2.75, 3.05) is 0 Å². The molecule has 0 atom stereocenters. The van der Waals surface area contributed by atoms with Crippen LogP contribution in [-0.2, 0) is 4.79 Å². The van der Waals surface area contributed by atoms with Crippen LogP contribution in [0.5, 0.6) is 0 Å². The van der Waals surface area contributed by atoms with Crippen molar-refractivity contribution in [3.8, 4) is 0 Å². The van der Waals surface area contributed by atoms with E-state index >= 15 is 0 Å². The summed E-state index contributed by atoms with van der Waals surface area (Å²) in [4.78, 5) is 8.89. The Morgan fingerprint density at radius 1 is 1.83 bits per heavy atom. The van der Waals surface area contributed by atoms with Gasteiger partial charge in [0.25, 0.3) is 0 Å². The third-order valence-corrected chi connectivity index (χ3v) is 0. The van der Waals surface area contributed by atoms with Gasteiger partial charge in [0.2, 0.25) is 0 Å². The van der Waals surface area contributed by atoms with Crippen molar-refractivity contribution < 1.29 is 132 Å². The largest absolute Gasteiger partial charge is 1.00 e. The van der Waals surface area contributed by atoms with E-state index in [1.165, 1.54) is 0 Å². The fraction of sp³-hybridized carbons (Fsp3) is 0.500. The predicted octanol–water partition coefficient (Wildman–Crippen LogP) is -7.12. The van der Waals surface area contributed by atoms with Crippen LogP contribution in [0.25, 0.3) is 0 Å². The smallest absolute Gasteiger partial charge is 1.00 e. The van der Waals surface area contributed by atoms with Gasteiger partial charge in [0, 0.05) is 5.97 Å². The summed E-state index contributed by atoms with van der Waals surface area (Å²) in [7, 11) is 0. The topological polar surface area (TPSA) is 40.1 Å². The Hall–Kier alpha value is 3.16. The van der Waals surface area contributed by atoms with E-state index in [1.807, 2.05) is 0 Å². The van der Waals surface area contributed by atoms with E-state index in [4.69, 9.17) is 9.90 Å². The summed E-state index contributed by atoms with van der Waals surface area (Å²) in [6.45, 7) is 0.972. The first-order valence-corrected chi connectivity index (χ1v) is 0.908. The summed E-state index contributed by atoms with van der Waals surface area (Å²) >= 11 is 0. The van der Waals surface area contributed by atoms with E-state index < -0.39 is 5.97 Å². The summed E-state index contributed by atoms with van der Waals surface area (Å²) in [5.74, 6) is -1.08. The maximum atomic E-state index is 8.89. The van der Waals surface area contributed by atoms with Gasteiger partial charge in [-0.05, 0) is 6.92 Å². The molecule has 0 aromatic rings. The van der Waals surface area contributed by atoms with Gasteiger partial charge in [-0.2, -0.15) is 0 Å². The minimum Gasteiger partial charge on any atom is -1.00 e. The molecule has 2 nitrogen and oxygen atoms in total. The molecule has 0 aliphatic rings. The van der Waals surface area contributed by atoms with Gasteiger partial charge in [0.05, 0.1) is 0 Å². The van der Waals surface area contributed by atoms with Crippen molar-refractivity contribution in [3.05, 3.63) is 0 Å². The van der Waals surface area contributed by atoms with Gasteiger partial charge < -0.3 is 11.3 Å². The van der Waals surface area contributed by atoms with Crippen LogP contribution in [0, 0.1) is 0 Å². The summed E-state index contributed by atoms with van der Waals surface area (Å²) in [5, 5.41) is 8.89. The standard InChI is InChI=1S/C2H4O2.Cs.K.H/c1-2(3)4;;;/h1H3,(H,3,4);;;/q;2*+1;-1/p-1. The van der Waals surface area contributed by atoms with Gasteiger partial charge in [0.15, 0.2) is 0 Å². The van der Waals surface area contributed by atoms with Crippen molar-refractivity contribution in [1.29, 1.82) is 0 Å². The maximum Gasteiger partial charge on any atom is 1.00 e. The van der Waals surface area contributed by atoms with E-state index in [0.717, 1.165) is 6.92 Å². The Bertz CT molecular complexity index is 38.7. The van der Waals surface area contributed by atoms with Gasteiger partial charge in [-0.1, -0.05) is 0 Å². The van der Waals surface area contributed by atoms with Gasteiger partial charge in [0.1, 0.15) is 0 Å². The molecule has 0 aliphatic heterocycles. The van der Waals surface area contributed by atoms with Crippen LogP contribution in [0.1, 0.15) is 8.35 Å². The van der Waals surface area contributed by atoms with Crippen LogP contribution in [-0.4, -0.2) is 5.97 Å². The Balaban J connectivity index is -0.0000000150. The maximum absolute atomic E-state index is 8.89. The molecule has 0 aliphatic carbocycles. The number of aliphatic carboxylic acids is 1. The molecule has 0 saturated heterocycles. The normalized spacial score (nSPS) is 4.17. The van der Waals surface area contributed by atoms with E-state index in [2.05, 4.69) is 0 Å². The van der Waals surface area contributed by atoms with Crippen LogP contribution in [0.4, 0.5) is 0 Å². The molecule has 0 radical (unpaired) electrons. The van der Waals surface area contributed by atoms with Gasteiger partial charge >= 0.3 is 120 Å². The fourth-order valence-corrected chi connectivity index (χ4v) is 0. The molecule has 0 aromatic heterocycles. The molecule has 0 bridgehead atoms. The average molecular weight is 232 g/mol. The van der Waals surface area contributed by atoms with Crippen molar-refractivity contribution in [2.24, 2.45) is 0 Å². The zero-order valence-electron chi connectivity index (χ0n) is 5.32. The van der Waals surface area contributed by atoms with E-state index in [-0.39, 0.29) is 122 Å². The number of hydrogen-bond acceptors (Lipinski definition) is 2. The van der Waals surface area contributed by atoms with E-state index in [0.29, 0.717) is 0 Å². The minimum absolute atomic E-state index is 0. The Morgan fingerprint density at radius 3 is 1.83 bits per heavy atom. The van der Waals surface area contributed by atoms with Crippen LogP contribution < -0.4 is 125 Å². The first-order valence-electron chi connectivity index (χ1n) is 0.908. The first-order chi connectivity index (χ1) is 1.73. The summed E-state index contributed by atoms with van der Waals surface area (Å²) < 4.78 is 0. The molecule has 0 unspecified atom stereocenters. The van der Waals surface area contributed by atoms with Crippen molar-refractivity contribution in [1.82, 2.24) is 0 Å². The summed E-state index contributed by atoms with van der Waals surface area (Å²) in [5.41, 5.74) is 0. The molecule has 6 heavy (non-hydrogen) atoms. The van der Waals surface area contributed by atoms with Crippen LogP contribution in [0.3, 0.4) is 0 Å². The van der Waals surface area contributed by atoms with E-state index in [1.54, 1.807) is 0 Å². The molecule has 0 aromatic carbocycles. The molecular formula is C2H4CsKO2. The van der Waals surface area contributed by atoms with Crippen molar-refractivity contribution in [2.45, 2.75) is 6.92 Å². The minimum atomic E-state index is -1.08. The number of hydrogen-bond donors (Lipinski definition) is 0. The van der Waals surface area contributed by atoms with Gasteiger partial charge in [-0.3, -0.25) is 0 Å². The van der Waals surface area contributed by atoms with Crippen molar-refractivity contribution in [3.63, 3.8) is 0 Å². The Labute approximate surface area is 140 Å². The zero-order valence-corrected chi connectivity index (χ0v) is 13.7. The molecule has 0 saturated carbocycles. The zero-order chi connectivity index (χ0) is 3.58. The molecule has 0 amide bonds. The predicted molar refractivity (Wildman–Crippen MR) is 11.8 cm³/mol. The number of carbonyl (C=O) groups is 1. The number of rotatable bonds is 0. The van der Waals surface area contributed by atoms with E-state index in [9.17, 15) is 0 Å². The number of carboxylic acids is 1. The Morgan fingerprint density at radius 2 is 1.83 bits per heavy atom. The molecule has 26 valence electrons. The molecule has 0 heterocycles. The number of carbonyl (C=O) groups excluding carboxylic acids is 1. The second-order valence-electron chi connectivity index (χ2n) is 0.492. The molecule has 0 rings (SSSR count). The van der Waals surface area contributed by atoms with Gasteiger partial charge in [-0.25, -0.2) is 0 Å². The fourth-order valence-electron chi connectivity index (χ4n) is 0. The summed E-state index contributed by atoms with van der Waals surface area (Å²) in [6.07, 6.45) is 0. The molecule has 0 spiro atoms. The monoisotopic (exact) mass is 232 g/mol. The second-order valence-corrected chi connectivity index (χ2v) is 0.492. The molecule has 4 heteroatoms. The SMILES string of the molecule is CC(=O)[O-].[Cs+].[H-].[K+]. The van der Waals surface area contributed by atoms with Crippen LogP contribution >= 0.6 is 0 Å². The van der Waals surface area contributed by atoms with Crippen LogP contribution in [0.2, 0.25) is 0 Å². The third-order valence-electron chi connectivity index (χ3n) is 0. The Kier molecular flexibility index (Phi) is 29.5. The molecule has 0 fully saturated rings. The third kappa shape index (κ3) is 27.2. The van der Waals surface area contributed by atoms with Crippen molar-refractivity contribution >= 4 is 5.97 Å². The first kappa shape index (κ1) is 16.1. The quantitative estimate of drug-likeness (QED) is 0.389. The second kappa shape index (κ2) is 11.0. The number of carboxylic acid groups (broad SMARTS) is 1. The molecular weight excluding hydrogens is 228 g/mol. The summed E-state index contributed by atoms with van der Waals surface area (Å²) in [6, 6.07) is 0. The van der Waals surface area contributed by atoms with Gasteiger partial charge in [-0.15, -0.1) is 0 Å². The average Bonchev–Trinajstić information content (AvgIpc) is 0.811. The van der Waals surface area contributed by atoms with Crippen LogP contribution in [0.15, 0.2) is 0 Å².